The third kappa shape index (κ3) is 1.90. The van der Waals surface area contributed by atoms with Crippen LogP contribution in [0.1, 0.15) is 54.1 Å². The van der Waals surface area contributed by atoms with Crippen molar-refractivity contribution < 1.29 is 19.1 Å². The van der Waals surface area contributed by atoms with Gasteiger partial charge in [0.25, 0.3) is 0 Å². The van der Waals surface area contributed by atoms with Crippen molar-refractivity contribution in [3.63, 3.8) is 0 Å². The molecule has 4 heteroatoms. The van der Waals surface area contributed by atoms with Crippen molar-refractivity contribution >= 4 is 11.8 Å². The van der Waals surface area contributed by atoms with Gasteiger partial charge in [0.15, 0.2) is 5.78 Å². The largest absolute Gasteiger partial charge is 0.486 e. The van der Waals surface area contributed by atoms with Gasteiger partial charge in [0.1, 0.15) is 17.1 Å². The molecule has 2 aliphatic rings. The Kier molecular flexibility index (Phi) is 2.85. The van der Waals surface area contributed by atoms with Crippen LogP contribution < -0.4 is 9.47 Å². The van der Waals surface area contributed by atoms with Gasteiger partial charge in [0, 0.05) is 12.5 Å². The number of ether oxygens (including phenoxy) is 2. The van der Waals surface area contributed by atoms with E-state index >= 15 is 0 Å². The second kappa shape index (κ2) is 4.33. The van der Waals surface area contributed by atoms with Crippen molar-refractivity contribution in [1.82, 2.24) is 0 Å². The molecular formula is C16H18O4. The molecule has 0 aromatic heterocycles. The van der Waals surface area contributed by atoms with Gasteiger partial charge in [-0.3, -0.25) is 9.59 Å². The van der Waals surface area contributed by atoms with E-state index in [-0.39, 0.29) is 17.4 Å². The molecule has 4 nitrogen and oxygen atoms in total. The van der Waals surface area contributed by atoms with Crippen LogP contribution in [0.25, 0.3) is 0 Å². The molecule has 1 aliphatic carbocycles. The van der Waals surface area contributed by atoms with E-state index in [9.17, 15) is 9.59 Å². The van der Waals surface area contributed by atoms with Gasteiger partial charge in [-0.15, -0.1) is 0 Å². The van der Waals surface area contributed by atoms with E-state index in [4.69, 9.17) is 9.47 Å². The lowest BCUT2D eigenvalue weighted by Gasteiger charge is -2.44. The number of rotatable bonds is 1. The first-order valence-electron chi connectivity index (χ1n) is 6.97. The quantitative estimate of drug-likeness (QED) is 0.583. The minimum atomic E-state index is -0.379. The van der Waals surface area contributed by atoms with E-state index in [1.54, 1.807) is 0 Å². The molecule has 0 atom stereocenters. The Morgan fingerprint density at radius 2 is 2.05 bits per heavy atom. The Bertz CT molecular complexity index is 611. The van der Waals surface area contributed by atoms with Crippen molar-refractivity contribution in [3.05, 3.63) is 22.8 Å². The number of carbonyl (C=O) groups is 2. The summed E-state index contributed by atoms with van der Waals surface area (Å²) in [6.45, 7) is 5.03. The van der Waals surface area contributed by atoms with E-state index in [2.05, 4.69) is 0 Å². The molecule has 1 spiro atoms. The average Bonchev–Trinajstić information content (AvgIpc) is 2.31. The Balaban J connectivity index is 2.08. The summed E-state index contributed by atoms with van der Waals surface area (Å²) in [5.74, 6) is 0.845. The first-order chi connectivity index (χ1) is 9.42. The lowest BCUT2D eigenvalue weighted by molar-refractivity contribution is -0.132. The zero-order valence-electron chi connectivity index (χ0n) is 12.0. The lowest BCUT2D eigenvalue weighted by Crippen LogP contribution is -2.47. The highest BCUT2D eigenvalue weighted by Crippen LogP contribution is 2.47. The van der Waals surface area contributed by atoms with Crippen LogP contribution in [-0.2, 0) is 4.79 Å². The minimum absolute atomic E-state index is 0.0943. The molecule has 1 aliphatic heterocycles. The standard InChI is InChI=1S/C16H18O4/c1-9-7-13-14(10(2)15(9)19-11(3)17)12(18)8-16(20-13)5-4-6-16/h7H,4-6,8H2,1-3H3. The molecule has 0 radical (unpaired) electrons. The van der Waals surface area contributed by atoms with Crippen molar-refractivity contribution in [2.75, 3.05) is 0 Å². The number of fused-ring (bicyclic) bond motifs is 1. The van der Waals surface area contributed by atoms with Gasteiger partial charge in [0.05, 0.1) is 12.0 Å². The highest BCUT2D eigenvalue weighted by molar-refractivity contribution is 6.02. The Hall–Kier alpha value is -1.84. The second-order valence-corrected chi connectivity index (χ2v) is 5.85. The van der Waals surface area contributed by atoms with Crippen LogP contribution in [0.15, 0.2) is 6.07 Å². The summed E-state index contributed by atoms with van der Waals surface area (Å²) in [6.07, 6.45) is 3.44. The minimum Gasteiger partial charge on any atom is -0.486 e. The maximum absolute atomic E-state index is 12.4. The molecule has 0 N–H and O–H groups in total. The topological polar surface area (TPSA) is 52.6 Å². The number of carbonyl (C=O) groups excluding carboxylic acids is 2. The maximum Gasteiger partial charge on any atom is 0.308 e. The Labute approximate surface area is 118 Å². The lowest BCUT2D eigenvalue weighted by atomic mass is 9.73. The van der Waals surface area contributed by atoms with E-state index in [0.717, 1.165) is 24.8 Å². The number of aryl methyl sites for hydroxylation is 1. The summed E-state index contributed by atoms with van der Waals surface area (Å²) in [5.41, 5.74) is 1.82. The molecule has 20 heavy (non-hydrogen) atoms. The van der Waals surface area contributed by atoms with Gasteiger partial charge in [-0.1, -0.05) is 0 Å². The summed E-state index contributed by atoms with van der Waals surface area (Å²) in [4.78, 5) is 23.6. The summed E-state index contributed by atoms with van der Waals surface area (Å²) >= 11 is 0. The number of benzene rings is 1. The number of Topliss-reactive ketones (excluding diaryl/α,β-unsaturated/α-hetero) is 1. The molecule has 0 saturated heterocycles. The van der Waals surface area contributed by atoms with E-state index in [1.807, 2.05) is 19.9 Å². The second-order valence-electron chi connectivity index (χ2n) is 5.85. The van der Waals surface area contributed by atoms with Crippen molar-refractivity contribution in [2.45, 2.75) is 52.1 Å². The zero-order chi connectivity index (χ0) is 14.5. The summed E-state index contributed by atoms with van der Waals surface area (Å²) in [7, 11) is 0. The van der Waals surface area contributed by atoms with Crippen molar-refractivity contribution in [1.29, 1.82) is 0 Å². The average molecular weight is 274 g/mol. The number of ketones is 1. The van der Waals surface area contributed by atoms with Gasteiger partial charge in [-0.2, -0.15) is 0 Å². The first-order valence-corrected chi connectivity index (χ1v) is 6.97. The SMILES string of the molecule is CC(=O)Oc1c(C)cc2c(c1C)C(=O)CC1(CCC1)O2. The molecule has 0 unspecified atom stereocenters. The van der Waals surface area contributed by atoms with E-state index < -0.39 is 0 Å². The summed E-state index contributed by atoms with van der Waals surface area (Å²) in [6, 6.07) is 1.82. The maximum atomic E-state index is 12.4. The van der Waals surface area contributed by atoms with Gasteiger partial charge in [0.2, 0.25) is 0 Å². The molecular weight excluding hydrogens is 256 g/mol. The molecule has 3 rings (SSSR count). The fraction of sp³-hybridized carbons (Fsp3) is 0.500. The highest BCUT2D eigenvalue weighted by atomic mass is 16.5. The highest BCUT2D eigenvalue weighted by Gasteiger charge is 2.46. The monoisotopic (exact) mass is 274 g/mol. The molecule has 106 valence electrons. The van der Waals surface area contributed by atoms with E-state index in [0.29, 0.717) is 29.0 Å². The summed E-state index contributed by atoms with van der Waals surface area (Å²) in [5, 5.41) is 0. The summed E-state index contributed by atoms with van der Waals surface area (Å²) < 4.78 is 11.3. The number of hydrogen-bond donors (Lipinski definition) is 0. The Morgan fingerprint density at radius 1 is 1.35 bits per heavy atom. The van der Waals surface area contributed by atoms with Gasteiger partial charge >= 0.3 is 5.97 Å². The fourth-order valence-corrected chi connectivity index (χ4v) is 3.16. The smallest absolute Gasteiger partial charge is 0.308 e. The van der Waals surface area contributed by atoms with Crippen LogP contribution in [0, 0.1) is 13.8 Å². The molecule has 1 aromatic carbocycles. The van der Waals surface area contributed by atoms with Crippen LogP contribution in [0.5, 0.6) is 11.5 Å². The molecule has 0 amide bonds. The predicted molar refractivity (Wildman–Crippen MR) is 73.4 cm³/mol. The number of hydrogen-bond acceptors (Lipinski definition) is 4. The molecule has 1 aromatic rings. The van der Waals surface area contributed by atoms with Crippen molar-refractivity contribution in [3.8, 4) is 11.5 Å². The van der Waals surface area contributed by atoms with Gasteiger partial charge in [-0.25, -0.2) is 0 Å². The molecule has 1 fully saturated rings. The van der Waals surface area contributed by atoms with Crippen LogP contribution in [0.3, 0.4) is 0 Å². The van der Waals surface area contributed by atoms with Crippen LogP contribution in [0.2, 0.25) is 0 Å². The molecule has 0 bridgehead atoms. The van der Waals surface area contributed by atoms with Crippen LogP contribution in [-0.4, -0.2) is 17.4 Å². The normalized spacial score (nSPS) is 19.1. The fourth-order valence-electron chi connectivity index (χ4n) is 3.16. The third-order valence-electron chi connectivity index (χ3n) is 4.27. The molecule has 1 saturated carbocycles. The zero-order valence-corrected chi connectivity index (χ0v) is 12.0. The van der Waals surface area contributed by atoms with Crippen LogP contribution >= 0.6 is 0 Å². The van der Waals surface area contributed by atoms with Crippen molar-refractivity contribution in [2.24, 2.45) is 0 Å². The first kappa shape index (κ1) is 13.2. The van der Waals surface area contributed by atoms with Gasteiger partial charge in [-0.05, 0) is 44.7 Å². The third-order valence-corrected chi connectivity index (χ3v) is 4.27. The van der Waals surface area contributed by atoms with Gasteiger partial charge < -0.3 is 9.47 Å². The van der Waals surface area contributed by atoms with E-state index in [1.165, 1.54) is 6.92 Å². The van der Waals surface area contributed by atoms with Crippen LogP contribution in [0.4, 0.5) is 0 Å². The predicted octanol–water partition coefficient (Wildman–Crippen LogP) is 3.12. The molecule has 1 heterocycles. The Morgan fingerprint density at radius 3 is 2.60 bits per heavy atom. The number of esters is 1.